The molecular weight excluding hydrogens is 258 g/mol. The van der Waals surface area contributed by atoms with E-state index in [1.165, 1.54) is 0 Å². The topological polar surface area (TPSA) is 84.3 Å². The highest BCUT2D eigenvalue weighted by Crippen LogP contribution is 2.34. The average molecular weight is 279 g/mol. The van der Waals surface area contributed by atoms with Crippen LogP contribution in [0.5, 0.6) is 5.88 Å². The minimum absolute atomic E-state index is 0.105. The van der Waals surface area contributed by atoms with Crippen LogP contribution >= 0.6 is 0 Å². The minimum atomic E-state index is -0.784. The smallest absolute Gasteiger partial charge is 0.305 e. The van der Waals surface area contributed by atoms with Gasteiger partial charge in [0.2, 0.25) is 5.88 Å². The van der Waals surface area contributed by atoms with Gasteiger partial charge in [-0.25, -0.2) is 0 Å². The quantitative estimate of drug-likeness (QED) is 0.832. The molecule has 2 rings (SSSR count). The van der Waals surface area contributed by atoms with Crippen LogP contribution in [0.15, 0.2) is 12.4 Å². The molecule has 2 N–H and O–H groups in total. The van der Waals surface area contributed by atoms with E-state index < -0.39 is 11.5 Å². The standard InChI is InChI=1S/C14H21N3O3/c1-2-20-12-10-15-9-11(16-12)17-14(8-13(18)19)6-4-3-5-7-14/h9-10H,2-8H2,1H3,(H,16,17)(H,18,19). The van der Waals surface area contributed by atoms with Crippen LogP contribution in [0, 0.1) is 0 Å². The summed E-state index contributed by atoms with van der Waals surface area (Å²) in [5, 5.41) is 12.4. The monoisotopic (exact) mass is 279 g/mol. The molecule has 110 valence electrons. The van der Waals surface area contributed by atoms with Crippen molar-refractivity contribution in [1.82, 2.24) is 9.97 Å². The molecule has 1 fully saturated rings. The Bertz CT molecular complexity index is 459. The number of ether oxygens (including phenoxy) is 1. The molecule has 1 aliphatic carbocycles. The van der Waals surface area contributed by atoms with Crippen molar-refractivity contribution in [3.63, 3.8) is 0 Å². The molecule has 1 saturated carbocycles. The van der Waals surface area contributed by atoms with Crippen LogP contribution in [0.3, 0.4) is 0 Å². The molecule has 0 aliphatic heterocycles. The van der Waals surface area contributed by atoms with E-state index in [4.69, 9.17) is 9.84 Å². The molecule has 6 heteroatoms. The summed E-state index contributed by atoms with van der Waals surface area (Å²) in [4.78, 5) is 19.5. The fourth-order valence-corrected chi connectivity index (χ4v) is 2.76. The van der Waals surface area contributed by atoms with Gasteiger partial charge in [0, 0.05) is 5.54 Å². The lowest BCUT2D eigenvalue weighted by atomic mass is 9.79. The summed E-state index contributed by atoms with van der Waals surface area (Å²) in [5.41, 5.74) is -0.413. The predicted octanol–water partition coefficient (Wildman–Crippen LogP) is 2.46. The third-order valence-corrected chi connectivity index (χ3v) is 3.60. The lowest BCUT2D eigenvalue weighted by molar-refractivity contribution is -0.138. The van der Waals surface area contributed by atoms with Crippen molar-refractivity contribution in [2.24, 2.45) is 0 Å². The lowest BCUT2D eigenvalue weighted by Crippen LogP contribution is -2.42. The number of nitrogens with one attached hydrogen (secondary N) is 1. The second-order valence-electron chi connectivity index (χ2n) is 5.21. The summed E-state index contributed by atoms with van der Waals surface area (Å²) in [6, 6.07) is 0. The van der Waals surface area contributed by atoms with E-state index in [1.54, 1.807) is 12.4 Å². The Labute approximate surface area is 118 Å². The van der Waals surface area contributed by atoms with Gasteiger partial charge < -0.3 is 15.2 Å². The van der Waals surface area contributed by atoms with Crippen LogP contribution < -0.4 is 10.1 Å². The Hall–Kier alpha value is -1.85. The number of aliphatic carboxylic acids is 1. The zero-order chi connectivity index (χ0) is 14.4. The van der Waals surface area contributed by atoms with E-state index in [-0.39, 0.29) is 6.42 Å². The van der Waals surface area contributed by atoms with Gasteiger partial charge >= 0.3 is 5.97 Å². The van der Waals surface area contributed by atoms with Crippen LogP contribution in [0.25, 0.3) is 0 Å². The van der Waals surface area contributed by atoms with E-state index in [1.807, 2.05) is 6.92 Å². The summed E-state index contributed by atoms with van der Waals surface area (Å²) in [6.07, 6.45) is 8.21. The first kappa shape index (κ1) is 14.6. The Kier molecular flexibility index (Phi) is 4.76. The van der Waals surface area contributed by atoms with Crippen molar-refractivity contribution < 1.29 is 14.6 Å². The van der Waals surface area contributed by atoms with Gasteiger partial charge in [-0.1, -0.05) is 19.3 Å². The third-order valence-electron chi connectivity index (χ3n) is 3.60. The molecule has 0 bridgehead atoms. The Morgan fingerprint density at radius 1 is 1.40 bits per heavy atom. The van der Waals surface area contributed by atoms with E-state index in [9.17, 15) is 4.79 Å². The molecule has 0 unspecified atom stereocenters. The normalized spacial score (nSPS) is 17.4. The average Bonchev–Trinajstić information content (AvgIpc) is 2.39. The first-order valence-electron chi connectivity index (χ1n) is 7.08. The van der Waals surface area contributed by atoms with Crippen LogP contribution in [-0.2, 0) is 4.79 Å². The molecule has 1 heterocycles. The molecule has 1 aliphatic rings. The summed E-state index contributed by atoms with van der Waals surface area (Å²) < 4.78 is 5.32. The van der Waals surface area contributed by atoms with Gasteiger partial charge in [0.05, 0.1) is 25.4 Å². The molecule has 0 saturated heterocycles. The molecule has 1 aromatic rings. The molecule has 1 aromatic heterocycles. The highest BCUT2D eigenvalue weighted by Gasteiger charge is 2.34. The molecule has 0 spiro atoms. The van der Waals surface area contributed by atoms with Gasteiger partial charge in [0.25, 0.3) is 0 Å². The van der Waals surface area contributed by atoms with Crippen molar-refractivity contribution in [3.8, 4) is 5.88 Å². The highest BCUT2D eigenvalue weighted by molar-refractivity contribution is 5.69. The number of hydrogen-bond acceptors (Lipinski definition) is 5. The zero-order valence-electron chi connectivity index (χ0n) is 11.8. The van der Waals surface area contributed by atoms with E-state index in [2.05, 4.69) is 15.3 Å². The van der Waals surface area contributed by atoms with Gasteiger partial charge in [0.15, 0.2) is 0 Å². The van der Waals surface area contributed by atoms with Crippen LogP contribution in [-0.4, -0.2) is 33.2 Å². The van der Waals surface area contributed by atoms with Crippen LogP contribution in [0.4, 0.5) is 5.82 Å². The SMILES string of the molecule is CCOc1cncc(NC2(CC(=O)O)CCCCC2)n1. The van der Waals surface area contributed by atoms with Crippen LogP contribution in [0.1, 0.15) is 45.4 Å². The van der Waals surface area contributed by atoms with Gasteiger partial charge in [-0.2, -0.15) is 4.98 Å². The van der Waals surface area contributed by atoms with E-state index in [0.29, 0.717) is 18.3 Å². The number of carboxylic acids is 1. The molecule has 20 heavy (non-hydrogen) atoms. The van der Waals surface area contributed by atoms with Crippen LogP contribution in [0.2, 0.25) is 0 Å². The third kappa shape index (κ3) is 3.82. The van der Waals surface area contributed by atoms with E-state index in [0.717, 1.165) is 32.1 Å². The number of carboxylic acid groups (broad SMARTS) is 1. The lowest BCUT2D eigenvalue weighted by Gasteiger charge is -2.37. The molecule has 6 nitrogen and oxygen atoms in total. The molecule has 0 aromatic carbocycles. The summed E-state index contributed by atoms with van der Waals surface area (Å²) >= 11 is 0. The Morgan fingerprint density at radius 2 is 2.15 bits per heavy atom. The molecule has 0 atom stereocenters. The second-order valence-corrected chi connectivity index (χ2v) is 5.21. The van der Waals surface area contributed by atoms with Gasteiger partial charge in [-0.15, -0.1) is 0 Å². The summed E-state index contributed by atoms with van der Waals surface area (Å²) in [7, 11) is 0. The minimum Gasteiger partial charge on any atom is -0.481 e. The number of nitrogens with zero attached hydrogens (tertiary/aromatic N) is 2. The van der Waals surface area contributed by atoms with Gasteiger partial charge in [-0.05, 0) is 19.8 Å². The van der Waals surface area contributed by atoms with Crippen molar-refractivity contribution in [2.75, 3.05) is 11.9 Å². The Balaban J connectivity index is 2.14. The first-order chi connectivity index (χ1) is 9.63. The fourth-order valence-electron chi connectivity index (χ4n) is 2.76. The van der Waals surface area contributed by atoms with Crippen molar-refractivity contribution >= 4 is 11.8 Å². The number of rotatable bonds is 6. The molecule has 0 amide bonds. The maximum absolute atomic E-state index is 11.1. The molecule has 0 radical (unpaired) electrons. The second kappa shape index (κ2) is 6.54. The number of anilines is 1. The maximum atomic E-state index is 11.1. The van der Waals surface area contributed by atoms with Crippen molar-refractivity contribution in [1.29, 1.82) is 0 Å². The maximum Gasteiger partial charge on any atom is 0.305 e. The summed E-state index contributed by atoms with van der Waals surface area (Å²) in [6.45, 7) is 2.41. The molecular formula is C14H21N3O3. The van der Waals surface area contributed by atoms with Crippen molar-refractivity contribution in [3.05, 3.63) is 12.4 Å². The number of hydrogen-bond donors (Lipinski definition) is 2. The summed E-state index contributed by atoms with van der Waals surface area (Å²) in [5.74, 6) is 0.256. The van der Waals surface area contributed by atoms with Gasteiger partial charge in [-0.3, -0.25) is 9.78 Å². The van der Waals surface area contributed by atoms with E-state index >= 15 is 0 Å². The fraction of sp³-hybridized carbons (Fsp3) is 0.643. The zero-order valence-corrected chi connectivity index (χ0v) is 11.8. The predicted molar refractivity (Wildman–Crippen MR) is 74.9 cm³/mol. The number of aromatic nitrogens is 2. The highest BCUT2D eigenvalue weighted by atomic mass is 16.5. The Morgan fingerprint density at radius 3 is 2.80 bits per heavy atom. The van der Waals surface area contributed by atoms with Gasteiger partial charge in [0.1, 0.15) is 5.82 Å². The number of carbonyl (C=O) groups is 1. The first-order valence-corrected chi connectivity index (χ1v) is 7.08. The van der Waals surface area contributed by atoms with Crippen molar-refractivity contribution in [2.45, 2.75) is 51.0 Å². The largest absolute Gasteiger partial charge is 0.481 e.